The average molecular weight is 242 g/mol. The van der Waals surface area contributed by atoms with Gasteiger partial charge in [0.25, 0.3) is 0 Å². The fourth-order valence-electron chi connectivity index (χ4n) is 2.60. The van der Waals surface area contributed by atoms with E-state index < -0.39 is 0 Å². The highest BCUT2D eigenvalue weighted by molar-refractivity contribution is 4.85. The molecule has 0 aromatic rings. The van der Waals surface area contributed by atoms with Gasteiger partial charge in [0.1, 0.15) is 0 Å². The summed E-state index contributed by atoms with van der Waals surface area (Å²) in [5, 5.41) is 6.99. The standard InChI is InChI=1S/C14H30N2O/c1-5-7-15-8-6-9-16-10-14-11(2)12(3)17-13(14)4/h11-16H,5-10H2,1-4H3. The first-order chi connectivity index (χ1) is 8.16. The van der Waals surface area contributed by atoms with Crippen LogP contribution in [-0.2, 0) is 4.74 Å². The van der Waals surface area contributed by atoms with Crippen molar-refractivity contribution in [2.24, 2.45) is 11.8 Å². The zero-order valence-corrected chi connectivity index (χ0v) is 12.0. The Morgan fingerprint density at radius 1 is 0.941 bits per heavy atom. The molecule has 17 heavy (non-hydrogen) atoms. The van der Waals surface area contributed by atoms with Crippen LogP contribution in [0.25, 0.3) is 0 Å². The van der Waals surface area contributed by atoms with E-state index in [9.17, 15) is 0 Å². The minimum Gasteiger partial charge on any atom is -0.375 e. The fourth-order valence-corrected chi connectivity index (χ4v) is 2.60. The first kappa shape index (κ1) is 14.9. The second kappa shape index (κ2) is 8.06. The summed E-state index contributed by atoms with van der Waals surface area (Å²) in [4.78, 5) is 0. The van der Waals surface area contributed by atoms with Crippen LogP contribution in [0.2, 0.25) is 0 Å². The normalized spacial score (nSPS) is 33.2. The molecule has 0 aromatic heterocycles. The van der Waals surface area contributed by atoms with Gasteiger partial charge in [-0.15, -0.1) is 0 Å². The molecule has 0 aliphatic carbocycles. The molecule has 4 atom stereocenters. The summed E-state index contributed by atoms with van der Waals surface area (Å²) in [7, 11) is 0. The molecule has 1 aliphatic rings. The lowest BCUT2D eigenvalue weighted by molar-refractivity contribution is 0.0511. The van der Waals surface area contributed by atoms with Crippen molar-refractivity contribution >= 4 is 0 Å². The van der Waals surface area contributed by atoms with Gasteiger partial charge in [-0.25, -0.2) is 0 Å². The van der Waals surface area contributed by atoms with Gasteiger partial charge in [0.2, 0.25) is 0 Å². The summed E-state index contributed by atoms with van der Waals surface area (Å²) in [5.41, 5.74) is 0. The molecule has 3 heteroatoms. The quantitative estimate of drug-likeness (QED) is 0.639. The molecule has 1 rings (SSSR count). The fraction of sp³-hybridized carbons (Fsp3) is 1.00. The van der Waals surface area contributed by atoms with E-state index in [4.69, 9.17) is 4.74 Å². The zero-order valence-electron chi connectivity index (χ0n) is 12.0. The molecule has 102 valence electrons. The molecular weight excluding hydrogens is 212 g/mol. The summed E-state index contributed by atoms with van der Waals surface area (Å²) >= 11 is 0. The van der Waals surface area contributed by atoms with Gasteiger partial charge in [0, 0.05) is 12.5 Å². The van der Waals surface area contributed by atoms with Gasteiger partial charge >= 0.3 is 0 Å². The molecule has 2 N–H and O–H groups in total. The zero-order chi connectivity index (χ0) is 12.7. The van der Waals surface area contributed by atoms with Crippen LogP contribution in [0.3, 0.4) is 0 Å². The van der Waals surface area contributed by atoms with E-state index in [0.717, 1.165) is 26.2 Å². The van der Waals surface area contributed by atoms with Crippen molar-refractivity contribution < 1.29 is 4.74 Å². The minimum atomic E-state index is 0.408. The first-order valence-electron chi connectivity index (χ1n) is 7.23. The van der Waals surface area contributed by atoms with Crippen LogP contribution in [0.15, 0.2) is 0 Å². The van der Waals surface area contributed by atoms with Crippen molar-refractivity contribution in [1.29, 1.82) is 0 Å². The molecule has 3 nitrogen and oxygen atoms in total. The van der Waals surface area contributed by atoms with Gasteiger partial charge < -0.3 is 15.4 Å². The van der Waals surface area contributed by atoms with Crippen LogP contribution in [0, 0.1) is 11.8 Å². The van der Waals surface area contributed by atoms with E-state index in [2.05, 4.69) is 38.3 Å². The van der Waals surface area contributed by atoms with Crippen molar-refractivity contribution in [3.8, 4) is 0 Å². The third kappa shape index (κ3) is 4.94. The second-order valence-corrected chi connectivity index (χ2v) is 5.38. The van der Waals surface area contributed by atoms with Crippen molar-refractivity contribution in [1.82, 2.24) is 10.6 Å². The molecule has 0 spiro atoms. The predicted octanol–water partition coefficient (Wildman–Crippen LogP) is 2.03. The Labute approximate surface area is 107 Å². The molecular formula is C14H30N2O. The maximum absolute atomic E-state index is 5.84. The Morgan fingerprint density at radius 3 is 2.24 bits per heavy atom. The van der Waals surface area contributed by atoms with E-state index in [0.29, 0.717) is 24.0 Å². The van der Waals surface area contributed by atoms with Crippen molar-refractivity contribution in [3.05, 3.63) is 0 Å². The lowest BCUT2D eigenvalue weighted by Gasteiger charge is -2.19. The van der Waals surface area contributed by atoms with E-state index in [1.165, 1.54) is 12.8 Å². The van der Waals surface area contributed by atoms with Crippen molar-refractivity contribution in [3.63, 3.8) is 0 Å². The number of hydrogen-bond donors (Lipinski definition) is 2. The second-order valence-electron chi connectivity index (χ2n) is 5.38. The summed E-state index contributed by atoms with van der Waals surface area (Å²) in [5.74, 6) is 1.35. The van der Waals surface area contributed by atoms with Gasteiger partial charge in [-0.3, -0.25) is 0 Å². The highest BCUT2D eigenvalue weighted by Crippen LogP contribution is 2.31. The Balaban J connectivity index is 2.02. The predicted molar refractivity (Wildman–Crippen MR) is 73.3 cm³/mol. The van der Waals surface area contributed by atoms with Gasteiger partial charge in [0.15, 0.2) is 0 Å². The summed E-state index contributed by atoms with van der Waals surface area (Å²) in [6.07, 6.45) is 3.26. The molecule has 1 aliphatic heterocycles. The van der Waals surface area contributed by atoms with Gasteiger partial charge in [-0.05, 0) is 52.2 Å². The minimum absolute atomic E-state index is 0.408. The SMILES string of the molecule is CCCNCCCNCC1C(C)OC(C)C1C. The topological polar surface area (TPSA) is 33.3 Å². The maximum atomic E-state index is 5.84. The Kier molecular flexibility index (Phi) is 7.09. The molecule has 1 heterocycles. The number of ether oxygens (including phenoxy) is 1. The third-order valence-electron chi connectivity index (χ3n) is 3.96. The summed E-state index contributed by atoms with van der Waals surface area (Å²) in [6.45, 7) is 13.4. The van der Waals surface area contributed by atoms with Gasteiger partial charge in [-0.1, -0.05) is 13.8 Å². The molecule has 4 unspecified atom stereocenters. The molecule has 0 bridgehead atoms. The number of hydrogen-bond acceptors (Lipinski definition) is 3. The monoisotopic (exact) mass is 242 g/mol. The van der Waals surface area contributed by atoms with E-state index >= 15 is 0 Å². The van der Waals surface area contributed by atoms with E-state index in [1.54, 1.807) is 0 Å². The lowest BCUT2D eigenvalue weighted by Crippen LogP contribution is -2.32. The third-order valence-corrected chi connectivity index (χ3v) is 3.96. The molecule has 0 saturated carbocycles. The van der Waals surface area contributed by atoms with Crippen LogP contribution < -0.4 is 10.6 Å². The van der Waals surface area contributed by atoms with Crippen LogP contribution in [0.5, 0.6) is 0 Å². The number of rotatable bonds is 8. The van der Waals surface area contributed by atoms with Crippen LogP contribution in [0.1, 0.15) is 40.5 Å². The maximum Gasteiger partial charge on any atom is 0.0594 e. The summed E-state index contributed by atoms with van der Waals surface area (Å²) in [6, 6.07) is 0. The first-order valence-corrected chi connectivity index (χ1v) is 7.23. The van der Waals surface area contributed by atoms with E-state index in [1.807, 2.05) is 0 Å². The van der Waals surface area contributed by atoms with Crippen molar-refractivity contribution in [2.75, 3.05) is 26.2 Å². The van der Waals surface area contributed by atoms with Crippen LogP contribution in [-0.4, -0.2) is 38.4 Å². The molecule has 0 amide bonds. The van der Waals surface area contributed by atoms with Gasteiger partial charge in [0.05, 0.1) is 12.2 Å². The van der Waals surface area contributed by atoms with Gasteiger partial charge in [-0.2, -0.15) is 0 Å². The van der Waals surface area contributed by atoms with Crippen LogP contribution >= 0.6 is 0 Å². The lowest BCUT2D eigenvalue weighted by atomic mass is 9.89. The van der Waals surface area contributed by atoms with Crippen molar-refractivity contribution in [2.45, 2.75) is 52.7 Å². The Morgan fingerprint density at radius 2 is 1.65 bits per heavy atom. The number of nitrogens with one attached hydrogen (secondary N) is 2. The van der Waals surface area contributed by atoms with Crippen LogP contribution in [0.4, 0.5) is 0 Å². The smallest absolute Gasteiger partial charge is 0.0594 e. The largest absolute Gasteiger partial charge is 0.375 e. The molecule has 1 saturated heterocycles. The Bertz CT molecular complexity index is 199. The van der Waals surface area contributed by atoms with E-state index in [-0.39, 0.29) is 0 Å². The molecule has 1 fully saturated rings. The highest BCUT2D eigenvalue weighted by Gasteiger charge is 2.36. The highest BCUT2D eigenvalue weighted by atomic mass is 16.5. The Hall–Kier alpha value is -0.120. The molecule has 0 aromatic carbocycles. The molecule has 0 radical (unpaired) electrons. The summed E-state index contributed by atoms with van der Waals surface area (Å²) < 4.78 is 5.84. The average Bonchev–Trinajstić information content (AvgIpc) is 2.54.